The molecule has 1 aliphatic heterocycles. The molecule has 1 aromatic rings. The minimum atomic E-state index is -0.836. The molecule has 3 rings (SSSR count). The molecule has 22 heavy (non-hydrogen) atoms. The molecule has 1 N–H and O–H groups in total. The van der Waals surface area contributed by atoms with Gasteiger partial charge in [0.05, 0.1) is 13.2 Å². The highest BCUT2D eigenvalue weighted by molar-refractivity contribution is 6.36. The van der Waals surface area contributed by atoms with Crippen molar-refractivity contribution in [3.05, 3.63) is 29.3 Å². The second kappa shape index (κ2) is 6.17. The average Bonchev–Trinajstić information content (AvgIpc) is 3.16. The molecule has 1 heterocycles. The van der Waals surface area contributed by atoms with E-state index in [-0.39, 0.29) is 6.61 Å². The molecule has 0 spiro atoms. The lowest BCUT2D eigenvalue weighted by Crippen LogP contribution is -2.43. The Labute approximate surface area is 129 Å². The van der Waals surface area contributed by atoms with Gasteiger partial charge in [0.2, 0.25) is 5.96 Å². The number of benzene rings is 1. The molecule has 0 aromatic heterocycles. The molecule has 2 aliphatic rings. The van der Waals surface area contributed by atoms with Crippen LogP contribution in [0.5, 0.6) is 0 Å². The second-order valence-electron chi connectivity index (χ2n) is 5.30. The number of anilines is 1. The number of hydrogen-bond acceptors (Lipinski definition) is 5. The van der Waals surface area contributed by atoms with Gasteiger partial charge in [-0.3, -0.25) is 14.7 Å². The van der Waals surface area contributed by atoms with E-state index >= 15 is 0 Å². The van der Waals surface area contributed by atoms with Gasteiger partial charge in [-0.15, -0.1) is 0 Å². The number of ether oxygens (including phenoxy) is 1. The van der Waals surface area contributed by atoms with Gasteiger partial charge in [-0.2, -0.15) is 0 Å². The molecule has 1 amide bonds. The lowest BCUT2D eigenvalue weighted by atomic mass is 10.1. The van der Waals surface area contributed by atoms with Crippen molar-refractivity contribution in [1.82, 2.24) is 4.90 Å². The topological polar surface area (TPSA) is 71.0 Å². The Morgan fingerprint density at radius 3 is 3.05 bits per heavy atom. The summed E-state index contributed by atoms with van der Waals surface area (Å²) in [4.78, 5) is 29.4. The minimum absolute atomic E-state index is 0.185. The number of carbonyl (C=O) groups is 2. The Morgan fingerprint density at radius 2 is 2.23 bits per heavy atom. The van der Waals surface area contributed by atoms with Crippen molar-refractivity contribution in [1.29, 1.82) is 0 Å². The first-order valence-corrected chi connectivity index (χ1v) is 7.61. The Hall–Kier alpha value is -2.37. The summed E-state index contributed by atoms with van der Waals surface area (Å²) < 4.78 is 4.78. The molecule has 0 saturated carbocycles. The van der Waals surface area contributed by atoms with Crippen LogP contribution in [0.3, 0.4) is 0 Å². The van der Waals surface area contributed by atoms with Gasteiger partial charge in [-0.1, -0.05) is 12.1 Å². The summed E-state index contributed by atoms with van der Waals surface area (Å²) in [6.07, 6.45) is 3.26. The number of aryl methyl sites for hydroxylation is 1. The number of carbonyl (C=O) groups excluding carboxylic acids is 2. The van der Waals surface area contributed by atoms with Crippen molar-refractivity contribution in [2.45, 2.75) is 26.2 Å². The average molecular weight is 301 g/mol. The van der Waals surface area contributed by atoms with E-state index in [4.69, 9.17) is 4.74 Å². The Kier molecular flexibility index (Phi) is 4.09. The van der Waals surface area contributed by atoms with E-state index in [1.807, 2.05) is 12.1 Å². The van der Waals surface area contributed by atoms with Crippen LogP contribution in [0, 0.1) is 0 Å². The molecule has 0 atom stereocenters. The van der Waals surface area contributed by atoms with Crippen molar-refractivity contribution in [3.63, 3.8) is 0 Å². The molecule has 1 aliphatic carbocycles. The molecule has 6 heteroatoms. The van der Waals surface area contributed by atoms with Gasteiger partial charge in [0, 0.05) is 12.2 Å². The minimum Gasteiger partial charge on any atom is -0.459 e. The van der Waals surface area contributed by atoms with Crippen molar-refractivity contribution >= 4 is 23.5 Å². The lowest BCUT2D eigenvalue weighted by molar-refractivity contribution is -0.157. The number of hydrogen-bond donors (Lipinski definition) is 1. The van der Waals surface area contributed by atoms with E-state index in [1.165, 1.54) is 16.0 Å². The zero-order valence-corrected chi connectivity index (χ0v) is 12.6. The second-order valence-corrected chi connectivity index (χ2v) is 5.30. The first kappa shape index (κ1) is 14.6. The van der Waals surface area contributed by atoms with E-state index in [0.717, 1.165) is 24.9 Å². The third kappa shape index (κ3) is 2.68. The van der Waals surface area contributed by atoms with Gasteiger partial charge < -0.3 is 10.1 Å². The summed E-state index contributed by atoms with van der Waals surface area (Å²) in [5.41, 5.74) is 3.59. The number of nitrogens with one attached hydrogen (secondary N) is 1. The predicted molar refractivity (Wildman–Crippen MR) is 82.7 cm³/mol. The molecular formula is C16H19N3O3. The van der Waals surface area contributed by atoms with Crippen LogP contribution in [0.25, 0.3) is 0 Å². The zero-order chi connectivity index (χ0) is 15.5. The van der Waals surface area contributed by atoms with E-state index in [2.05, 4.69) is 16.4 Å². The van der Waals surface area contributed by atoms with Crippen molar-refractivity contribution in [2.75, 3.05) is 25.0 Å². The summed E-state index contributed by atoms with van der Waals surface area (Å²) in [7, 11) is 0. The lowest BCUT2D eigenvalue weighted by Gasteiger charge is -2.19. The molecule has 1 aromatic carbocycles. The van der Waals surface area contributed by atoms with Crippen LogP contribution in [-0.4, -0.2) is 42.4 Å². The number of amides is 1. The number of rotatable bonds is 2. The Bertz CT molecular complexity index is 640. The van der Waals surface area contributed by atoms with Crippen LogP contribution in [0.2, 0.25) is 0 Å². The molecule has 0 unspecified atom stereocenters. The van der Waals surface area contributed by atoms with Gasteiger partial charge in [0.1, 0.15) is 0 Å². The quantitative estimate of drug-likeness (QED) is 0.661. The van der Waals surface area contributed by atoms with Gasteiger partial charge in [0.15, 0.2) is 0 Å². The fourth-order valence-electron chi connectivity index (χ4n) is 2.91. The van der Waals surface area contributed by atoms with Gasteiger partial charge in [-0.25, -0.2) is 4.79 Å². The summed E-state index contributed by atoms with van der Waals surface area (Å²) >= 11 is 0. The first-order valence-electron chi connectivity index (χ1n) is 7.61. The number of esters is 1. The Balaban J connectivity index is 1.76. The third-order valence-corrected chi connectivity index (χ3v) is 3.93. The van der Waals surface area contributed by atoms with Crippen LogP contribution in [-0.2, 0) is 27.2 Å². The van der Waals surface area contributed by atoms with E-state index in [1.54, 1.807) is 6.92 Å². The van der Waals surface area contributed by atoms with E-state index < -0.39 is 11.9 Å². The molecule has 0 bridgehead atoms. The maximum Gasteiger partial charge on any atom is 0.397 e. The molecule has 0 fully saturated rings. The highest BCUT2D eigenvalue weighted by Crippen LogP contribution is 2.29. The van der Waals surface area contributed by atoms with Crippen LogP contribution in [0.15, 0.2) is 23.2 Å². The van der Waals surface area contributed by atoms with Crippen molar-refractivity contribution in [3.8, 4) is 0 Å². The van der Waals surface area contributed by atoms with Crippen LogP contribution in [0.1, 0.15) is 24.5 Å². The Morgan fingerprint density at radius 1 is 1.36 bits per heavy atom. The molecule has 0 saturated heterocycles. The van der Waals surface area contributed by atoms with E-state index in [9.17, 15) is 9.59 Å². The van der Waals surface area contributed by atoms with Gasteiger partial charge >= 0.3 is 11.9 Å². The summed E-state index contributed by atoms with van der Waals surface area (Å²) in [5, 5.41) is 3.22. The normalized spacial score (nSPS) is 16.2. The molecule has 116 valence electrons. The summed E-state index contributed by atoms with van der Waals surface area (Å²) in [6.45, 7) is 2.75. The maximum atomic E-state index is 12.1. The first-order chi connectivity index (χ1) is 10.7. The SMILES string of the molecule is CCOC(=O)C(=O)N1CCN=C1Nc1cccc2c1CCC2. The van der Waals surface area contributed by atoms with Crippen molar-refractivity contribution in [2.24, 2.45) is 4.99 Å². The van der Waals surface area contributed by atoms with Crippen molar-refractivity contribution < 1.29 is 14.3 Å². The largest absolute Gasteiger partial charge is 0.459 e. The molecular weight excluding hydrogens is 282 g/mol. The number of nitrogens with zero attached hydrogens (tertiary/aromatic N) is 2. The maximum absolute atomic E-state index is 12.1. The number of guanidine groups is 1. The standard InChI is InChI=1S/C16H19N3O3/c1-2-22-15(21)14(20)19-10-9-17-16(19)18-13-8-4-6-11-5-3-7-12(11)13/h4,6,8H,2-3,5,7,9-10H2,1H3,(H,17,18). The molecule has 6 nitrogen and oxygen atoms in total. The summed E-state index contributed by atoms with van der Waals surface area (Å²) in [6, 6.07) is 6.11. The van der Waals surface area contributed by atoms with Gasteiger partial charge in [-0.05, 0) is 43.4 Å². The van der Waals surface area contributed by atoms with E-state index in [0.29, 0.717) is 19.0 Å². The van der Waals surface area contributed by atoms with Crippen LogP contribution in [0.4, 0.5) is 5.69 Å². The fraction of sp³-hybridized carbons (Fsp3) is 0.438. The van der Waals surface area contributed by atoms with Gasteiger partial charge in [0.25, 0.3) is 0 Å². The number of aliphatic imine (C=N–C) groups is 1. The monoisotopic (exact) mass is 301 g/mol. The molecule has 0 radical (unpaired) electrons. The zero-order valence-electron chi connectivity index (χ0n) is 12.6. The third-order valence-electron chi connectivity index (χ3n) is 3.93. The number of fused-ring (bicyclic) bond motifs is 1. The predicted octanol–water partition coefficient (Wildman–Crippen LogP) is 1.35. The highest BCUT2D eigenvalue weighted by atomic mass is 16.5. The van der Waals surface area contributed by atoms with Crippen LogP contribution >= 0.6 is 0 Å². The fourth-order valence-corrected chi connectivity index (χ4v) is 2.91. The highest BCUT2D eigenvalue weighted by Gasteiger charge is 2.30. The van der Waals surface area contributed by atoms with Crippen LogP contribution < -0.4 is 5.32 Å². The summed E-state index contributed by atoms with van der Waals surface area (Å²) in [5.74, 6) is -1.08. The smallest absolute Gasteiger partial charge is 0.397 e.